The van der Waals surface area contributed by atoms with Crippen LogP contribution in [-0.4, -0.2) is 58.6 Å². The number of nitrogens with one attached hydrogen (secondary N) is 2. The number of esters is 1. The maximum absolute atomic E-state index is 13.2. The topological polar surface area (TPSA) is 142 Å². The number of amides is 3. The Morgan fingerprint density at radius 1 is 1.12 bits per heavy atom. The Morgan fingerprint density at radius 2 is 1.85 bits per heavy atom. The number of thioether (sulfide) groups is 1. The Bertz CT molecular complexity index is 1370. The summed E-state index contributed by atoms with van der Waals surface area (Å²) in [6, 6.07) is 7.01. The van der Waals surface area contributed by atoms with Crippen molar-refractivity contribution in [3.63, 3.8) is 0 Å². The van der Waals surface area contributed by atoms with Crippen molar-refractivity contribution in [2.45, 2.75) is 49.8 Å². The van der Waals surface area contributed by atoms with Gasteiger partial charge in [0.05, 0.1) is 36.3 Å². The second kappa shape index (κ2) is 12.7. The number of rotatable bonds is 8. The molecule has 212 valence electrons. The number of nitrogens with zero attached hydrogens (tertiary/aromatic N) is 1. The van der Waals surface area contributed by atoms with Gasteiger partial charge in [-0.3, -0.25) is 19.2 Å². The van der Waals surface area contributed by atoms with Crippen LogP contribution in [0.2, 0.25) is 0 Å². The maximum atomic E-state index is 13.2. The Morgan fingerprint density at radius 3 is 2.52 bits per heavy atom. The summed E-state index contributed by atoms with van der Waals surface area (Å²) in [5.41, 5.74) is 1.64. The molecule has 0 fully saturated rings. The number of fused-ring (bicyclic) bond motifs is 1. The lowest BCUT2D eigenvalue weighted by Gasteiger charge is -2.25. The summed E-state index contributed by atoms with van der Waals surface area (Å²) in [5.74, 6) is -3.68. The fourth-order valence-corrected chi connectivity index (χ4v) is 6.99. The molecule has 0 saturated carbocycles. The number of allylic oxidation sites excluding steroid dienone is 2. The minimum absolute atomic E-state index is 0.0509. The van der Waals surface area contributed by atoms with Crippen LogP contribution >= 0.6 is 23.1 Å². The first kappa shape index (κ1) is 29.3. The largest absolute Gasteiger partial charge is 0.481 e. The molecule has 0 radical (unpaired) electrons. The van der Waals surface area contributed by atoms with Crippen LogP contribution in [0.5, 0.6) is 0 Å². The molecule has 3 N–H and O–H groups in total. The van der Waals surface area contributed by atoms with E-state index in [1.807, 2.05) is 12.1 Å². The number of hydrogen-bond donors (Lipinski definition) is 3. The molecule has 1 aromatic carbocycles. The summed E-state index contributed by atoms with van der Waals surface area (Å²) in [4.78, 5) is 65.3. The monoisotopic (exact) mass is 585 g/mol. The fraction of sp³-hybridized carbons (Fsp3) is 0.393. The average molecular weight is 586 g/mol. The lowest BCUT2D eigenvalue weighted by molar-refractivity contribution is -0.146. The molecule has 0 spiro atoms. The summed E-state index contributed by atoms with van der Waals surface area (Å²) in [7, 11) is 1.29. The predicted molar refractivity (Wildman–Crippen MR) is 152 cm³/mol. The molecule has 10 nitrogen and oxygen atoms in total. The number of anilines is 2. The van der Waals surface area contributed by atoms with Crippen LogP contribution in [0.3, 0.4) is 0 Å². The molecular weight excluding hydrogens is 554 g/mol. The third-order valence-electron chi connectivity index (χ3n) is 7.00. The van der Waals surface area contributed by atoms with E-state index in [0.717, 1.165) is 15.3 Å². The fourth-order valence-electron chi connectivity index (χ4n) is 4.81. The normalized spacial score (nSPS) is 18.8. The van der Waals surface area contributed by atoms with Gasteiger partial charge in [0, 0.05) is 28.9 Å². The summed E-state index contributed by atoms with van der Waals surface area (Å²) in [6.07, 6.45) is 4.79. The van der Waals surface area contributed by atoms with Gasteiger partial charge < -0.3 is 25.4 Å². The summed E-state index contributed by atoms with van der Waals surface area (Å²) < 4.78 is 4.98. The standard InChI is InChI=1S/C28H31N3O7S2/c1-15(24(33)30-26-23(28(37)38-3)21-11-12-31(16(2)32)14-22(21)40-26)39-18-8-6-7-17(13-18)29-25(34)19-9-4-5-10-20(19)27(35)36/h4-8,13,15,19-20H,9-12,14H2,1-3H3,(H,29,34)(H,30,33)(H,35,36). The van der Waals surface area contributed by atoms with Gasteiger partial charge in [-0.15, -0.1) is 23.1 Å². The minimum Gasteiger partial charge on any atom is -0.481 e. The number of hydrogen-bond acceptors (Lipinski definition) is 8. The molecule has 4 rings (SSSR count). The zero-order chi connectivity index (χ0) is 29.0. The number of methoxy groups -OCH3 is 1. The van der Waals surface area contributed by atoms with Crippen LogP contribution in [0.15, 0.2) is 41.3 Å². The van der Waals surface area contributed by atoms with E-state index in [4.69, 9.17) is 4.74 Å². The third kappa shape index (κ3) is 6.56. The van der Waals surface area contributed by atoms with Crippen molar-refractivity contribution >= 4 is 63.4 Å². The summed E-state index contributed by atoms with van der Waals surface area (Å²) in [5, 5.41) is 15.0. The zero-order valence-electron chi connectivity index (χ0n) is 22.4. The van der Waals surface area contributed by atoms with Crippen molar-refractivity contribution in [3.8, 4) is 0 Å². The second-order valence-corrected chi connectivity index (χ2v) is 12.2. The van der Waals surface area contributed by atoms with Gasteiger partial charge in [-0.2, -0.15) is 0 Å². The predicted octanol–water partition coefficient (Wildman–Crippen LogP) is 4.16. The highest BCUT2D eigenvalue weighted by molar-refractivity contribution is 8.00. The molecule has 2 aliphatic rings. The van der Waals surface area contributed by atoms with Crippen LogP contribution < -0.4 is 10.6 Å². The molecule has 2 aromatic rings. The summed E-state index contributed by atoms with van der Waals surface area (Å²) in [6.45, 7) is 4.11. The minimum atomic E-state index is -0.994. The molecule has 3 amide bonds. The van der Waals surface area contributed by atoms with Gasteiger partial charge in [-0.25, -0.2) is 4.79 Å². The number of aliphatic carboxylic acids is 1. The van der Waals surface area contributed by atoms with Gasteiger partial charge in [0.2, 0.25) is 17.7 Å². The Hall–Kier alpha value is -3.64. The van der Waals surface area contributed by atoms with E-state index < -0.39 is 29.0 Å². The molecule has 40 heavy (non-hydrogen) atoms. The van der Waals surface area contributed by atoms with Crippen molar-refractivity contribution in [3.05, 3.63) is 52.4 Å². The molecule has 3 atom stereocenters. The Labute approximate surface area is 240 Å². The third-order valence-corrected chi connectivity index (χ3v) is 9.22. The Kier molecular flexibility index (Phi) is 9.31. The van der Waals surface area contributed by atoms with E-state index in [0.29, 0.717) is 48.6 Å². The molecule has 1 aliphatic carbocycles. The molecule has 2 heterocycles. The number of benzene rings is 1. The molecular formula is C28H31N3O7S2. The maximum Gasteiger partial charge on any atom is 0.341 e. The smallest absolute Gasteiger partial charge is 0.341 e. The van der Waals surface area contributed by atoms with Crippen LogP contribution in [0.1, 0.15) is 47.5 Å². The van der Waals surface area contributed by atoms with Gasteiger partial charge in [0.15, 0.2) is 0 Å². The van der Waals surface area contributed by atoms with Crippen LogP contribution in [0.4, 0.5) is 10.7 Å². The van der Waals surface area contributed by atoms with Crippen molar-refractivity contribution in [2.75, 3.05) is 24.3 Å². The highest BCUT2D eigenvalue weighted by Gasteiger charge is 2.34. The number of thiophene rings is 1. The van der Waals surface area contributed by atoms with Crippen LogP contribution in [-0.2, 0) is 36.9 Å². The van der Waals surface area contributed by atoms with Gasteiger partial charge in [-0.05, 0) is 49.9 Å². The highest BCUT2D eigenvalue weighted by Crippen LogP contribution is 2.38. The number of carboxylic acids is 1. The highest BCUT2D eigenvalue weighted by atomic mass is 32.2. The number of carbonyl (C=O) groups is 5. The quantitative estimate of drug-likeness (QED) is 0.238. The van der Waals surface area contributed by atoms with Crippen LogP contribution in [0, 0.1) is 11.8 Å². The summed E-state index contributed by atoms with van der Waals surface area (Å²) >= 11 is 2.55. The van der Waals surface area contributed by atoms with E-state index in [-0.39, 0.29) is 17.7 Å². The molecule has 0 bridgehead atoms. The molecule has 1 aliphatic heterocycles. The van der Waals surface area contributed by atoms with Crippen molar-refractivity contribution in [2.24, 2.45) is 11.8 Å². The van der Waals surface area contributed by atoms with E-state index in [2.05, 4.69) is 10.6 Å². The van der Waals surface area contributed by atoms with Gasteiger partial charge in [0.25, 0.3) is 0 Å². The first-order valence-corrected chi connectivity index (χ1v) is 14.5. The lowest BCUT2D eigenvalue weighted by Crippen LogP contribution is -2.34. The average Bonchev–Trinajstić information content (AvgIpc) is 3.29. The van der Waals surface area contributed by atoms with E-state index in [1.54, 1.807) is 36.1 Å². The van der Waals surface area contributed by atoms with Gasteiger partial charge in [0.1, 0.15) is 5.00 Å². The van der Waals surface area contributed by atoms with Crippen LogP contribution in [0.25, 0.3) is 0 Å². The van der Waals surface area contributed by atoms with Gasteiger partial charge in [-0.1, -0.05) is 18.2 Å². The molecule has 0 saturated heterocycles. The van der Waals surface area contributed by atoms with Crippen molar-refractivity contribution < 1.29 is 33.8 Å². The van der Waals surface area contributed by atoms with Crippen molar-refractivity contribution in [1.29, 1.82) is 0 Å². The number of ether oxygens (including phenoxy) is 1. The number of carbonyl (C=O) groups excluding carboxylic acids is 4. The first-order chi connectivity index (χ1) is 19.1. The molecule has 1 aromatic heterocycles. The Balaban J connectivity index is 1.44. The zero-order valence-corrected chi connectivity index (χ0v) is 24.0. The van der Waals surface area contributed by atoms with Crippen molar-refractivity contribution in [1.82, 2.24) is 4.90 Å². The molecule has 12 heteroatoms. The van der Waals surface area contributed by atoms with E-state index in [9.17, 15) is 29.1 Å². The first-order valence-electron chi connectivity index (χ1n) is 12.8. The molecule has 3 unspecified atom stereocenters. The van der Waals surface area contributed by atoms with Gasteiger partial charge >= 0.3 is 11.9 Å². The lowest BCUT2D eigenvalue weighted by atomic mass is 9.82. The van der Waals surface area contributed by atoms with E-state index >= 15 is 0 Å². The number of carboxylic acid groups (broad SMARTS) is 1. The SMILES string of the molecule is COC(=O)c1c(NC(=O)C(C)Sc2cccc(NC(=O)C3CC=CCC3C(=O)O)c2)sc2c1CCN(C(C)=O)C2. The van der Waals surface area contributed by atoms with E-state index in [1.165, 1.54) is 37.1 Å². The second-order valence-electron chi connectivity index (χ2n) is 9.65.